The number of halogens is 3. The van der Waals surface area contributed by atoms with Gasteiger partial charge in [-0.25, -0.2) is 4.79 Å². The summed E-state index contributed by atoms with van der Waals surface area (Å²) >= 11 is 0. The summed E-state index contributed by atoms with van der Waals surface area (Å²) in [5, 5.41) is 0. The molecule has 1 saturated heterocycles. The molecule has 1 aromatic rings. The van der Waals surface area contributed by atoms with Crippen LogP contribution in [-0.2, 0) is 15.7 Å². The summed E-state index contributed by atoms with van der Waals surface area (Å²) in [6.45, 7) is 4.64. The van der Waals surface area contributed by atoms with E-state index < -0.39 is 35.2 Å². The van der Waals surface area contributed by atoms with Gasteiger partial charge in [-0.05, 0) is 43.7 Å². The molecule has 1 aromatic carbocycles. The molecule has 0 aliphatic carbocycles. The van der Waals surface area contributed by atoms with E-state index in [1.165, 1.54) is 17.0 Å². The molecule has 0 aromatic heterocycles. The highest BCUT2D eigenvalue weighted by atomic mass is 19.4. The summed E-state index contributed by atoms with van der Waals surface area (Å²) in [4.78, 5) is 26.2. The number of ether oxygens (including phenoxy) is 1. The fourth-order valence-corrected chi connectivity index (χ4v) is 3.09. The van der Waals surface area contributed by atoms with Gasteiger partial charge in [0.15, 0.2) is 0 Å². The van der Waals surface area contributed by atoms with E-state index in [4.69, 9.17) is 4.74 Å². The smallest absolute Gasteiger partial charge is 0.417 e. The Labute approximate surface area is 151 Å². The summed E-state index contributed by atoms with van der Waals surface area (Å²) in [7, 11) is 0. The number of likely N-dealkylation sites (tertiary alicyclic amines) is 1. The zero-order valence-corrected chi connectivity index (χ0v) is 15.0. The molecular weight excluding hydrogens is 347 g/mol. The average Bonchev–Trinajstić information content (AvgIpc) is 3.06. The monoisotopic (exact) mass is 371 g/mol. The highest BCUT2D eigenvalue weighted by Gasteiger charge is 2.40. The first-order valence-corrected chi connectivity index (χ1v) is 8.85. The summed E-state index contributed by atoms with van der Waals surface area (Å²) < 4.78 is 44.7. The van der Waals surface area contributed by atoms with Gasteiger partial charge < -0.3 is 9.64 Å². The largest absolute Gasteiger partial charge is 0.464 e. The number of hydrogen-bond donors (Lipinski definition) is 0. The van der Waals surface area contributed by atoms with Gasteiger partial charge in [-0.2, -0.15) is 13.2 Å². The number of carbonyl (C=O) groups is 2. The predicted octanol–water partition coefficient (Wildman–Crippen LogP) is 4.29. The van der Waals surface area contributed by atoms with E-state index in [2.05, 4.69) is 13.8 Å². The molecule has 1 fully saturated rings. The fraction of sp³-hybridized carbons (Fsp3) is 0.579. The number of esters is 1. The van der Waals surface area contributed by atoms with Crippen LogP contribution in [0.25, 0.3) is 0 Å². The fourth-order valence-electron chi connectivity index (χ4n) is 3.09. The van der Waals surface area contributed by atoms with Crippen molar-refractivity contribution in [3.8, 4) is 0 Å². The lowest BCUT2D eigenvalue weighted by Gasteiger charge is -2.24. The third-order valence-electron chi connectivity index (χ3n) is 4.42. The minimum absolute atomic E-state index is 0.247. The van der Waals surface area contributed by atoms with Crippen molar-refractivity contribution in [1.82, 2.24) is 4.90 Å². The number of hydrogen-bond acceptors (Lipinski definition) is 3. The van der Waals surface area contributed by atoms with Gasteiger partial charge in [0.05, 0.1) is 17.7 Å². The summed E-state index contributed by atoms with van der Waals surface area (Å²) in [5.74, 6) is -0.819. The molecule has 26 heavy (non-hydrogen) atoms. The van der Waals surface area contributed by atoms with Crippen LogP contribution in [-0.4, -0.2) is 36.0 Å². The molecule has 7 heteroatoms. The zero-order chi connectivity index (χ0) is 19.3. The van der Waals surface area contributed by atoms with Crippen LogP contribution < -0.4 is 0 Å². The van der Waals surface area contributed by atoms with Crippen molar-refractivity contribution in [3.05, 3.63) is 35.4 Å². The summed E-state index contributed by atoms with van der Waals surface area (Å²) in [6.07, 6.45) is -2.02. The lowest BCUT2D eigenvalue weighted by atomic mass is 10.1. The highest BCUT2D eigenvalue weighted by Crippen LogP contribution is 2.33. The zero-order valence-electron chi connectivity index (χ0n) is 15.0. The van der Waals surface area contributed by atoms with Crippen LogP contribution in [0.1, 0.15) is 55.5 Å². The van der Waals surface area contributed by atoms with Crippen molar-refractivity contribution in [2.24, 2.45) is 5.92 Å². The second kappa shape index (κ2) is 8.56. The molecule has 144 valence electrons. The quantitative estimate of drug-likeness (QED) is 0.554. The first kappa shape index (κ1) is 20.3. The Morgan fingerprint density at radius 1 is 1.27 bits per heavy atom. The van der Waals surface area contributed by atoms with Crippen molar-refractivity contribution in [2.45, 2.75) is 51.7 Å². The van der Waals surface area contributed by atoms with E-state index in [1.54, 1.807) is 0 Å². The molecular formula is C19H24F3NO3. The molecule has 1 aliphatic heterocycles. The number of amides is 1. The van der Waals surface area contributed by atoms with Gasteiger partial charge in [-0.15, -0.1) is 0 Å². The molecule has 1 atom stereocenters. The second-order valence-electron chi connectivity index (χ2n) is 6.90. The topological polar surface area (TPSA) is 46.6 Å². The van der Waals surface area contributed by atoms with Crippen LogP contribution in [0.5, 0.6) is 0 Å². The number of carbonyl (C=O) groups excluding carboxylic acids is 2. The van der Waals surface area contributed by atoms with Crippen LogP contribution in [0, 0.1) is 5.92 Å². The standard InChI is InChI=1S/C19H24F3NO3/c1-13(2)7-6-12-26-18(25)16-10-5-11-23(16)17(24)14-8-3-4-9-15(14)19(20,21)22/h3-4,8-9,13,16H,5-7,10-12H2,1-2H3. The molecule has 0 radical (unpaired) electrons. The minimum atomic E-state index is -4.63. The van der Waals surface area contributed by atoms with E-state index in [0.717, 1.165) is 25.0 Å². The SMILES string of the molecule is CC(C)CCCOC(=O)C1CCCN1C(=O)c1ccccc1C(F)(F)F. The maximum atomic E-state index is 13.2. The Morgan fingerprint density at radius 2 is 1.96 bits per heavy atom. The van der Waals surface area contributed by atoms with Crippen LogP contribution in [0.4, 0.5) is 13.2 Å². The number of rotatable bonds is 6. The normalized spacial score (nSPS) is 17.6. The van der Waals surface area contributed by atoms with E-state index in [-0.39, 0.29) is 13.2 Å². The lowest BCUT2D eigenvalue weighted by molar-refractivity contribution is -0.148. The maximum Gasteiger partial charge on any atom is 0.417 e. The first-order chi connectivity index (χ1) is 12.2. The van der Waals surface area contributed by atoms with Gasteiger partial charge in [0, 0.05) is 6.54 Å². The van der Waals surface area contributed by atoms with Crippen LogP contribution in [0.15, 0.2) is 24.3 Å². The Kier molecular flexibility index (Phi) is 6.67. The van der Waals surface area contributed by atoms with Crippen molar-refractivity contribution < 1.29 is 27.5 Å². The molecule has 0 saturated carbocycles. The second-order valence-corrected chi connectivity index (χ2v) is 6.90. The van der Waals surface area contributed by atoms with E-state index in [0.29, 0.717) is 18.8 Å². The third-order valence-corrected chi connectivity index (χ3v) is 4.42. The van der Waals surface area contributed by atoms with Crippen LogP contribution >= 0.6 is 0 Å². The van der Waals surface area contributed by atoms with Crippen molar-refractivity contribution in [2.75, 3.05) is 13.2 Å². The molecule has 0 spiro atoms. The molecule has 1 amide bonds. The Bertz CT molecular complexity index is 643. The molecule has 4 nitrogen and oxygen atoms in total. The van der Waals surface area contributed by atoms with Gasteiger partial charge in [0.25, 0.3) is 5.91 Å². The predicted molar refractivity (Wildman–Crippen MR) is 90.5 cm³/mol. The minimum Gasteiger partial charge on any atom is -0.464 e. The highest BCUT2D eigenvalue weighted by molar-refractivity contribution is 5.98. The maximum absolute atomic E-state index is 13.2. The van der Waals surface area contributed by atoms with Gasteiger partial charge >= 0.3 is 12.1 Å². The van der Waals surface area contributed by atoms with E-state index in [1.807, 2.05) is 0 Å². The number of alkyl halides is 3. The number of nitrogens with zero attached hydrogens (tertiary/aromatic N) is 1. The molecule has 1 aliphatic rings. The van der Waals surface area contributed by atoms with Gasteiger partial charge in [0.2, 0.25) is 0 Å². The number of benzene rings is 1. The first-order valence-electron chi connectivity index (χ1n) is 8.85. The molecule has 1 unspecified atom stereocenters. The van der Waals surface area contributed by atoms with Crippen molar-refractivity contribution >= 4 is 11.9 Å². The van der Waals surface area contributed by atoms with E-state index >= 15 is 0 Å². The summed E-state index contributed by atoms with van der Waals surface area (Å²) in [6, 6.07) is 3.83. The molecule has 1 heterocycles. The molecule has 2 rings (SSSR count). The van der Waals surface area contributed by atoms with E-state index in [9.17, 15) is 22.8 Å². The van der Waals surface area contributed by atoms with Crippen molar-refractivity contribution in [3.63, 3.8) is 0 Å². The third kappa shape index (κ3) is 4.99. The van der Waals surface area contributed by atoms with Gasteiger partial charge in [0.1, 0.15) is 6.04 Å². The lowest BCUT2D eigenvalue weighted by Crippen LogP contribution is -2.42. The Balaban J connectivity index is 2.08. The van der Waals surface area contributed by atoms with Crippen LogP contribution in [0.2, 0.25) is 0 Å². The Hall–Kier alpha value is -2.05. The molecule has 0 N–H and O–H groups in total. The Morgan fingerprint density at radius 3 is 2.62 bits per heavy atom. The summed E-state index contributed by atoms with van der Waals surface area (Å²) in [5.41, 5.74) is -1.42. The van der Waals surface area contributed by atoms with Crippen molar-refractivity contribution in [1.29, 1.82) is 0 Å². The average molecular weight is 371 g/mol. The van der Waals surface area contributed by atoms with Crippen LogP contribution in [0.3, 0.4) is 0 Å². The molecule has 0 bridgehead atoms. The van der Waals surface area contributed by atoms with Gasteiger partial charge in [-0.1, -0.05) is 26.0 Å². The van der Waals surface area contributed by atoms with Gasteiger partial charge in [-0.3, -0.25) is 4.79 Å².